The van der Waals surface area contributed by atoms with Gasteiger partial charge >= 0.3 is 160 Å². The topological polar surface area (TPSA) is 227 Å². The van der Waals surface area contributed by atoms with Crippen molar-refractivity contribution in [1.29, 1.82) is 0 Å². The Balaban J connectivity index is 1.75. The molecule has 0 spiro atoms. The van der Waals surface area contributed by atoms with Crippen LogP contribution in [0, 0.1) is 0 Å². The summed E-state index contributed by atoms with van der Waals surface area (Å²) in [6.07, 6.45) is -4.30. The van der Waals surface area contributed by atoms with Crippen molar-refractivity contribution in [2.24, 2.45) is 5.11 Å². The fraction of sp³-hybridized carbons (Fsp3) is 0.583. The van der Waals surface area contributed by atoms with Gasteiger partial charge in [-0.15, -0.1) is 0 Å². The molecule has 2 aromatic rings. The molecule has 2 fully saturated rings. The normalized spacial score (nSPS) is 29.3. The molecule has 2 aromatic heterocycles. The summed E-state index contributed by atoms with van der Waals surface area (Å²) >= 11 is 1.15. The summed E-state index contributed by atoms with van der Waals surface area (Å²) < 4.78 is 17.1. The van der Waals surface area contributed by atoms with Gasteiger partial charge in [-0.05, 0) is 0 Å². The van der Waals surface area contributed by atoms with Crippen molar-refractivity contribution in [1.82, 2.24) is 19.5 Å². The minimum absolute atomic E-state index is 0.0265. The molecule has 0 amide bonds. The number of nitrogens with two attached hydrogens (primary N) is 1. The maximum absolute atomic E-state index is 12.2. The molecule has 0 bridgehead atoms. The molecule has 4 heterocycles. The Hall–Kier alpha value is -2.00. The zero-order valence-corrected chi connectivity index (χ0v) is 16.4. The van der Waals surface area contributed by atoms with Crippen molar-refractivity contribution in [2.45, 2.75) is 29.7 Å². The summed E-state index contributed by atoms with van der Waals surface area (Å²) in [6.45, 7) is -0.0324. The number of nitrogens with one attached hydrogen (secondary N) is 1. The molecule has 0 aromatic carbocycles. The third kappa shape index (κ3) is 3.77. The van der Waals surface area contributed by atoms with E-state index >= 15 is 0 Å². The molecule has 4 rings (SSSR count). The van der Waals surface area contributed by atoms with Crippen LogP contribution < -0.4 is 11.3 Å². The standard InChI is InChI=1S/C12H17N8O7PS/c13-11-17-8-5(9(22)18-11)16-12(29-2-1-15-19-14)20(8)10-6(21)7-4(26-10)3-25-28(23,24)27-7/h4,6-7,10,21,23-24,28H,1-3H2,(H3,13,17,18,22)/t4?,6?,7-,10-/m1/s1. The second-order valence-corrected chi connectivity index (χ2v) is 8.87. The van der Waals surface area contributed by atoms with E-state index in [1.165, 1.54) is 4.57 Å². The number of aromatic amines is 1. The number of hydrogen-bond donors (Lipinski definition) is 5. The van der Waals surface area contributed by atoms with Crippen LogP contribution in [0.4, 0.5) is 5.95 Å². The van der Waals surface area contributed by atoms with E-state index in [4.69, 9.17) is 25.0 Å². The van der Waals surface area contributed by atoms with Crippen LogP contribution in [-0.2, 0) is 13.8 Å². The first-order valence-corrected chi connectivity index (χ1v) is 11.0. The number of rotatable bonds is 5. The average Bonchev–Trinajstić information content (AvgIpc) is 3.16. The number of thioether (sulfide) groups is 1. The van der Waals surface area contributed by atoms with E-state index in [-0.39, 0.29) is 35.4 Å². The van der Waals surface area contributed by atoms with Gasteiger partial charge in [-0.3, -0.25) is 0 Å². The van der Waals surface area contributed by atoms with Crippen molar-refractivity contribution < 1.29 is 28.7 Å². The number of aliphatic hydroxyl groups excluding tert-OH is 1. The van der Waals surface area contributed by atoms with Crippen LogP contribution in [0.2, 0.25) is 0 Å². The van der Waals surface area contributed by atoms with E-state index in [0.717, 1.165) is 11.8 Å². The van der Waals surface area contributed by atoms with E-state index in [1.807, 2.05) is 0 Å². The van der Waals surface area contributed by atoms with E-state index in [9.17, 15) is 19.7 Å². The third-order valence-corrected chi connectivity index (χ3v) is 6.37. The molecule has 158 valence electrons. The second kappa shape index (κ2) is 7.68. The Bertz CT molecular complexity index is 1040. The number of aromatic nitrogens is 4. The van der Waals surface area contributed by atoms with E-state index in [1.54, 1.807) is 0 Å². The van der Waals surface area contributed by atoms with Crippen molar-refractivity contribution in [3.8, 4) is 0 Å². The van der Waals surface area contributed by atoms with Gasteiger partial charge in [0, 0.05) is 0 Å². The van der Waals surface area contributed by atoms with Gasteiger partial charge in [-0.2, -0.15) is 0 Å². The van der Waals surface area contributed by atoms with Gasteiger partial charge in [0.05, 0.1) is 0 Å². The molecule has 17 heteroatoms. The van der Waals surface area contributed by atoms with Crippen LogP contribution in [0.15, 0.2) is 15.1 Å². The van der Waals surface area contributed by atoms with Crippen molar-refractivity contribution in [2.75, 3.05) is 24.6 Å². The zero-order chi connectivity index (χ0) is 20.8. The molecule has 29 heavy (non-hydrogen) atoms. The van der Waals surface area contributed by atoms with Gasteiger partial charge in [0.15, 0.2) is 0 Å². The second-order valence-electron chi connectivity index (χ2n) is 6.19. The molecular weight excluding hydrogens is 431 g/mol. The van der Waals surface area contributed by atoms with Gasteiger partial charge in [-0.25, -0.2) is 0 Å². The molecule has 2 aliphatic rings. The summed E-state index contributed by atoms with van der Waals surface area (Å²) in [7, 11) is -4.36. The molecule has 15 nitrogen and oxygen atoms in total. The number of nitrogens with zero attached hydrogens (tertiary/aromatic N) is 6. The molecule has 2 saturated heterocycles. The van der Waals surface area contributed by atoms with E-state index in [0.29, 0.717) is 5.75 Å². The quantitative estimate of drug-likeness (QED) is 0.0947. The fourth-order valence-corrected chi connectivity index (χ4v) is 5.09. The number of azide groups is 1. The van der Waals surface area contributed by atoms with Crippen molar-refractivity contribution in [3.63, 3.8) is 0 Å². The number of fused-ring (bicyclic) bond motifs is 2. The molecule has 2 aliphatic heterocycles. The molecule has 4 atom stereocenters. The summed E-state index contributed by atoms with van der Waals surface area (Å²) in [6, 6.07) is 0. The third-order valence-electron chi connectivity index (χ3n) is 4.31. The van der Waals surface area contributed by atoms with Crippen LogP contribution in [0.1, 0.15) is 6.23 Å². The minimum atomic E-state index is -4.36. The van der Waals surface area contributed by atoms with Gasteiger partial charge in [0.25, 0.3) is 0 Å². The Morgan fingerprint density at radius 2 is 2.28 bits per heavy atom. The number of aliphatic hydroxyl groups is 1. The first kappa shape index (κ1) is 20.3. The average molecular weight is 448 g/mol. The van der Waals surface area contributed by atoms with E-state index < -0.39 is 38.3 Å². The zero-order valence-electron chi connectivity index (χ0n) is 14.6. The Morgan fingerprint density at radius 1 is 1.48 bits per heavy atom. The van der Waals surface area contributed by atoms with Gasteiger partial charge < -0.3 is 5.53 Å². The number of nitrogen functional groups attached to an aromatic ring is 1. The maximum atomic E-state index is 12.2. The van der Waals surface area contributed by atoms with Crippen LogP contribution >= 0.6 is 19.9 Å². The Morgan fingerprint density at radius 3 is 3.03 bits per heavy atom. The predicted molar refractivity (Wildman–Crippen MR) is 101 cm³/mol. The molecule has 6 N–H and O–H groups in total. The van der Waals surface area contributed by atoms with Crippen molar-refractivity contribution in [3.05, 3.63) is 20.8 Å². The van der Waals surface area contributed by atoms with Gasteiger partial charge in [-0.1, -0.05) is 0 Å². The number of imidazole rings is 1. The van der Waals surface area contributed by atoms with Crippen LogP contribution in [0.3, 0.4) is 0 Å². The summed E-state index contributed by atoms with van der Waals surface area (Å²) in [5.74, 6) is 0.176. The Kier molecular flexibility index (Phi) is 5.37. The molecule has 0 radical (unpaired) electrons. The molecular formula is C12H17N8O7PS. The van der Waals surface area contributed by atoms with Crippen LogP contribution in [0.5, 0.6) is 0 Å². The first-order valence-electron chi connectivity index (χ1n) is 8.32. The number of H-pyrrole nitrogens is 1. The summed E-state index contributed by atoms with van der Waals surface area (Å²) in [5, 5.41) is 14.4. The molecule has 0 aliphatic carbocycles. The summed E-state index contributed by atoms with van der Waals surface area (Å²) in [4.78, 5) is 44.9. The van der Waals surface area contributed by atoms with Crippen molar-refractivity contribution >= 4 is 37.0 Å². The first-order chi connectivity index (χ1) is 13.8. The van der Waals surface area contributed by atoms with E-state index in [2.05, 4.69) is 25.0 Å². The monoisotopic (exact) mass is 448 g/mol. The fourth-order valence-electron chi connectivity index (χ4n) is 3.15. The number of anilines is 1. The predicted octanol–water partition coefficient (Wildman–Crippen LogP) is -0.828. The van der Waals surface area contributed by atoms with Gasteiger partial charge in [0.2, 0.25) is 0 Å². The summed E-state index contributed by atoms with van der Waals surface area (Å²) in [5.41, 5.74) is 13.5. The number of ether oxygens (including phenoxy) is 1. The Labute approximate surface area is 166 Å². The van der Waals surface area contributed by atoms with Crippen LogP contribution in [-0.4, -0.2) is 71.6 Å². The van der Waals surface area contributed by atoms with Crippen LogP contribution in [0.25, 0.3) is 21.6 Å². The number of hydrogen-bond acceptors (Lipinski definition) is 12. The SMILES string of the molecule is [N-]=[N+]=NCCSc1nc2c(=O)[nH]c(N)nc2n1[C@@H]1OC2CO[PH](O)(O)O[C@H]2C1O. The molecule has 2 unspecified atom stereocenters. The molecule has 0 saturated carbocycles. The van der Waals surface area contributed by atoms with Gasteiger partial charge in [0.1, 0.15) is 0 Å².